The molecule has 7 nitrogen and oxygen atoms in total. The summed E-state index contributed by atoms with van der Waals surface area (Å²) >= 11 is 0. The van der Waals surface area contributed by atoms with Crippen molar-refractivity contribution in [1.29, 1.82) is 0 Å². The average Bonchev–Trinajstić information content (AvgIpc) is 2.52. The third-order valence-corrected chi connectivity index (χ3v) is 2.70. The van der Waals surface area contributed by atoms with E-state index >= 15 is 0 Å². The summed E-state index contributed by atoms with van der Waals surface area (Å²) in [6.07, 6.45) is 2.03. The predicted octanol–water partition coefficient (Wildman–Crippen LogP) is 0.639. The summed E-state index contributed by atoms with van der Waals surface area (Å²) in [5.74, 6) is -0.567. The molecular weight excluding hydrogens is 288 g/mol. The Morgan fingerprint density at radius 2 is 1.95 bits per heavy atom. The molecule has 0 saturated carbocycles. The van der Waals surface area contributed by atoms with E-state index in [0.29, 0.717) is 24.5 Å². The lowest BCUT2D eigenvalue weighted by atomic mass is 10.2. The minimum Gasteiger partial charge on any atom is -0.495 e. The highest BCUT2D eigenvalue weighted by Gasteiger charge is 2.01. The highest BCUT2D eigenvalue weighted by molar-refractivity contribution is 5.91. The van der Waals surface area contributed by atoms with E-state index < -0.39 is 11.9 Å². The monoisotopic (exact) mass is 308 g/mol. The zero-order chi connectivity index (χ0) is 16.4. The number of benzene rings is 1. The van der Waals surface area contributed by atoms with Crippen molar-refractivity contribution in [2.75, 3.05) is 33.1 Å². The largest absolute Gasteiger partial charge is 0.495 e. The van der Waals surface area contributed by atoms with E-state index in [0.717, 1.165) is 17.7 Å². The molecule has 1 aromatic rings. The Labute approximate surface area is 129 Å². The second-order valence-electron chi connectivity index (χ2n) is 4.28. The molecule has 0 atom stereocenters. The highest BCUT2D eigenvalue weighted by atomic mass is 16.5. The molecule has 3 N–H and O–H groups in total. The Morgan fingerprint density at radius 1 is 1.23 bits per heavy atom. The van der Waals surface area contributed by atoms with Gasteiger partial charge < -0.3 is 25.3 Å². The number of anilines is 1. The summed E-state index contributed by atoms with van der Waals surface area (Å²) in [6, 6.07) is 5.51. The van der Waals surface area contributed by atoms with Crippen LogP contribution >= 0.6 is 0 Å². The third kappa shape index (κ3) is 6.27. The third-order valence-electron chi connectivity index (χ3n) is 2.70. The Hall–Kier alpha value is -2.54. The fraction of sp³-hybridized carbons (Fsp3) is 0.333. The van der Waals surface area contributed by atoms with E-state index in [1.165, 1.54) is 7.11 Å². The molecule has 0 heterocycles. The molecule has 0 fully saturated rings. The average molecular weight is 308 g/mol. The van der Waals surface area contributed by atoms with Gasteiger partial charge in [-0.1, -0.05) is 6.07 Å². The van der Waals surface area contributed by atoms with E-state index in [9.17, 15) is 9.59 Å². The van der Waals surface area contributed by atoms with Gasteiger partial charge in [0.05, 0.1) is 19.9 Å². The zero-order valence-corrected chi connectivity index (χ0v) is 12.6. The van der Waals surface area contributed by atoms with Crippen LogP contribution in [0.25, 0.3) is 0 Å². The molecule has 0 saturated heterocycles. The van der Waals surface area contributed by atoms with Crippen molar-refractivity contribution in [1.82, 2.24) is 5.32 Å². The van der Waals surface area contributed by atoms with Crippen molar-refractivity contribution in [3.05, 3.63) is 35.9 Å². The highest BCUT2D eigenvalue weighted by Crippen LogP contribution is 2.21. The topological polar surface area (TPSA) is 99.9 Å². The molecule has 0 spiro atoms. The molecule has 0 aliphatic carbocycles. The van der Waals surface area contributed by atoms with E-state index in [-0.39, 0.29) is 6.61 Å². The van der Waals surface area contributed by atoms with Crippen molar-refractivity contribution in [3.8, 4) is 5.75 Å². The molecule has 1 rings (SSSR count). The van der Waals surface area contributed by atoms with Gasteiger partial charge in [0, 0.05) is 25.2 Å². The van der Waals surface area contributed by atoms with Crippen molar-refractivity contribution in [2.24, 2.45) is 0 Å². The van der Waals surface area contributed by atoms with E-state index in [2.05, 4.69) is 10.1 Å². The van der Waals surface area contributed by atoms with Crippen LogP contribution in [0.1, 0.15) is 5.56 Å². The molecule has 1 aromatic carbocycles. The van der Waals surface area contributed by atoms with Crippen LogP contribution < -0.4 is 15.8 Å². The van der Waals surface area contributed by atoms with Crippen molar-refractivity contribution >= 4 is 17.6 Å². The SMILES string of the molecule is COC(=O)/C=C/C(=O)OCCNCc1ccc(OC)c(N)c1. The number of nitrogen functional groups attached to an aromatic ring is 1. The van der Waals surface area contributed by atoms with Crippen LogP contribution in [0.5, 0.6) is 5.75 Å². The standard InChI is InChI=1S/C15H20N2O5/c1-20-13-4-3-11(9-12(13)16)10-17-7-8-22-15(19)6-5-14(18)21-2/h3-6,9,17H,7-8,10,16H2,1-2H3/b6-5+. The van der Waals surface area contributed by atoms with Gasteiger partial charge in [0.2, 0.25) is 0 Å². The number of carbonyl (C=O) groups is 2. The molecule has 0 aromatic heterocycles. The number of nitrogens with two attached hydrogens (primary N) is 1. The smallest absolute Gasteiger partial charge is 0.331 e. The van der Waals surface area contributed by atoms with Gasteiger partial charge in [0.15, 0.2) is 0 Å². The quantitative estimate of drug-likeness (QED) is 0.314. The maximum atomic E-state index is 11.2. The van der Waals surface area contributed by atoms with Gasteiger partial charge in [-0.25, -0.2) is 9.59 Å². The van der Waals surface area contributed by atoms with Gasteiger partial charge in [0.25, 0.3) is 0 Å². The van der Waals surface area contributed by atoms with Gasteiger partial charge >= 0.3 is 11.9 Å². The van der Waals surface area contributed by atoms with Crippen LogP contribution in [-0.2, 0) is 25.6 Å². The van der Waals surface area contributed by atoms with Crippen LogP contribution in [0, 0.1) is 0 Å². The number of hydrogen-bond acceptors (Lipinski definition) is 7. The first-order valence-electron chi connectivity index (χ1n) is 6.62. The van der Waals surface area contributed by atoms with Crippen molar-refractivity contribution < 1.29 is 23.8 Å². The summed E-state index contributed by atoms with van der Waals surface area (Å²) in [5.41, 5.74) is 7.37. The van der Waals surface area contributed by atoms with Crippen LogP contribution in [0.15, 0.2) is 30.4 Å². The lowest BCUT2D eigenvalue weighted by Gasteiger charge is -2.08. The molecule has 0 aliphatic heterocycles. The van der Waals surface area contributed by atoms with Crippen molar-refractivity contribution in [3.63, 3.8) is 0 Å². The molecule has 120 valence electrons. The first-order valence-corrected chi connectivity index (χ1v) is 6.62. The number of hydrogen-bond donors (Lipinski definition) is 2. The number of rotatable bonds is 8. The minimum atomic E-state index is -0.604. The summed E-state index contributed by atoms with van der Waals surface area (Å²) in [7, 11) is 2.79. The summed E-state index contributed by atoms with van der Waals surface area (Å²) in [5, 5.41) is 3.11. The normalized spacial score (nSPS) is 10.5. The molecule has 0 aliphatic rings. The van der Waals surface area contributed by atoms with Crippen LogP contribution in [0.2, 0.25) is 0 Å². The van der Waals surface area contributed by atoms with Gasteiger partial charge in [-0.15, -0.1) is 0 Å². The van der Waals surface area contributed by atoms with Gasteiger partial charge in [0.1, 0.15) is 12.4 Å². The molecule has 0 amide bonds. The number of carbonyl (C=O) groups excluding carboxylic acids is 2. The lowest BCUT2D eigenvalue weighted by Crippen LogP contribution is -2.20. The lowest BCUT2D eigenvalue weighted by molar-refractivity contribution is -0.139. The van der Waals surface area contributed by atoms with E-state index in [1.807, 2.05) is 12.1 Å². The van der Waals surface area contributed by atoms with Crippen LogP contribution in [0.3, 0.4) is 0 Å². The number of nitrogens with one attached hydrogen (secondary N) is 1. The van der Waals surface area contributed by atoms with E-state index in [4.69, 9.17) is 15.2 Å². The van der Waals surface area contributed by atoms with Gasteiger partial charge in [-0.3, -0.25) is 0 Å². The Balaban J connectivity index is 2.23. The fourth-order valence-electron chi connectivity index (χ4n) is 1.60. The van der Waals surface area contributed by atoms with Crippen molar-refractivity contribution in [2.45, 2.75) is 6.54 Å². The number of esters is 2. The molecule has 0 bridgehead atoms. The van der Waals surface area contributed by atoms with Gasteiger partial charge in [-0.05, 0) is 17.7 Å². The maximum absolute atomic E-state index is 11.2. The molecular formula is C15H20N2O5. The summed E-state index contributed by atoms with van der Waals surface area (Å²) < 4.78 is 14.3. The molecule has 0 unspecified atom stereocenters. The molecule has 0 radical (unpaired) electrons. The number of methoxy groups -OCH3 is 2. The maximum Gasteiger partial charge on any atom is 0.331 e. The first-order chi connectivity index (χ1) is 10.6. The first kappa shape index (κ1) is 17.5. The second-order valence-corrected chi connectivity index (χ2v) is 4.28. The van der Waals surface area contributed by atoms with Gasteiger partial charge in [-0.2, -0.15) is 0 Å². The van der Waals surface area contributed by atoms with Crippen LogP contribution in [-0.4, -0.2) is 39.3 Å². The summed E-state index contributed by atoms with van der Waals surface area (Å²) in [6.45, 7) is 1.25. The Kier molecular flexibility index (Phi) is 7.49. The second kappa shape index (κ2) is 9.41. The van der Waals surface area contributed by atoms with Crippen LogP contribution in [0.4, 0.5) is 5.69 Å². The molecule has 22 heavy (non-hydrogen) atoms. The Morgan fingerprint density at radius 3 is 2.59 bits per heavy atom. The summed E-state index contributed by atoms with van der Waals surface area (Å²) in [4.78, 5) is 22.0. The fourth-order valence-corrected chi connectivity index (χ4v) is 1.60. The predicted molar refractivity (Wildman–Crippen MR) is 81.2 cm³/mol. The number of ether oxygens (including phenoxy) is 3. The molecule has 7 heteroatoms. The minimum absolute atomic E-state index is 0.190. The Bertz CT molecular complexity index is 543. The zero-order valence-electron chi connectivity index (χ0n) is 12.6. The van der Waals surface area contributed by atoms with E-state index in [1.54, 1.807) is 13.2 Å².